The lowest BCUT2D eigenvalue weighted by atomic mass is 9.92. The molecule has 1 aromatic carbocycles. The molecule has 30 heavy (non-hydrogen) atoms. The van der Waals surface area contributed by atoms with Crippen LogP contribution in [0.3, 0.4) is 0 Å². The Bertz CT molecular complexity index is 961. The summed E-state index contributed by atoms with van der Waals surface area (Å²) in [5.74, 6) is -5.16. The highest BCUT2D eigenvalue weighted by Crippen LogP contribution is 2.40. The van der Waals surface area contributed by atoms with Crippen molar-refractivity contribution in [1.29, 1.82) is 5.41 Å². The second kappa shape index (κ2) is 8.56. The van der Waals surface area contributed by atoms with Crippen molar-refractivity contribution in [1.82, 2.24) is 20.4 Å². The first-order valence-electron chi connectivity index (χ1n) is 9.30. The highest BCUT2D eigenvalue weighted by atomic mass is 19.3. The van der Waals surface area contributed by atoms with Crippen molar-refractivity contribution in [2.75, 3.05) is 32.0 Å². The van der Waals surface area contributed by atoms with Crippen molar-refractivity contribution in [2.45, 2.75) is 25.2 Å². The Kier molecular flexibility index (Phi) is 6.09. The lowest BCUT2D eigenvalue weighted by Crippen LogP contribution is -2.51. The normalized spacial score (nSPS) is 18.0. The molecular weight excluding hydrogens is 398 g/mol. The molecule has 1 aliphatic heterocycles. The molecule has 160 valence electrons. The maximum absolute atomic E-state index is 14.7. The summed E-state index contributed by atoms with van der Waals surface area (Å²) in [7, 11) is 1.72. The maximum Gasteiger partial charge on any atom is 0.276 e. The number of rotatable bonds is 7. The predicted molar refractivity (Wildman–Crippen MR) is 105 cm³/mol. The topological polar surface area (TPSA) is 124 Å². The number of nitrogens with zero attached hydrogens (tertiary/aromatic N) is 3. The van der Waals surface area contributed by atoms with Gasteiger partial charge in [-0.25, -0.2) is 8.78 Å². The summed E-state index contributed by atoms with van der Waals surface area (Å²) in [6, 6.07) is 5.15. The van der Waals surface area contributed by atoms with Gasteiger partial charge in [0.2, 0.25) is 24.0 Å². The number of anilines is 1. The van der Waals surface area contributed by atoms with E-state index in [0.717, 1.165) is 4.90 Å². The fourth-order valence-corrected chi connectivity index (χ4v) is 3.41. The molecule has 1 aliphatic rings. The minimum Gasteiger partial charge on any atom is -0.388 e. The van der Waals surface area contributed by atoms with Crippen LogP contribution >= 0.6 is 0 Å². The number of nitrogens with one attached hydrogen (secondary N) is 3. The van der Waals surface area contributed by atoms with Gasteiger partial charge in [0.05, 0.1) is 13.1 Å². The van der Waals surface area contributed by atoms with Gasteiger partial charge in [0.1, 0.15) is 5.92 Å². The Morgan fingerprint density at radius 2 is 2.23 bits per heavy atom. The van der Waals surface area contributed by atoms with E-state index >= 15 is 0 Å². The van der Waals surface area contributed by atoms with Crippen LogP contribution in [0.2, 0.25) is 0 Å². The molecule has 0 bridgehead atoms. The van der Waals surface area contributed by atoms with Crippen LogP contribution < -0.4 is 10.6 Å². The van der Waals surface area contributed by atoms with Gasteiger partial charge in [-0.05, 0) is 19.4 Å². The third kappa shape index (κ3) is 4.29. The summed E-state index contributed by atoms with van der Waals surface area (Å²) in [5, 5.41) is 16.8. The zero-order chi connectivity index (χ0) is 21.9. The van der Waals surface area contributed by atoms with Crippen LogP contribution in [-0.4, -0.2) is 65.7 Å². The quantitative estimate of drug-likeness (QED) is 0.464. The largest absolute Gasteiger partial charge is 0.388 e. The Hall–Kier alpha value is -3.37. The third-order valence-corrected chi connectivity index (χ3v) is 4.98. The lowest BCUT2D eigenvalue weighted by Gasteiger charge is -2.36. The van der Waals surface area contributed by atoms with Crippen LogP contribution in [0.5, 0.6) is 0 Å². The van der Waals surface area contributed by atoms with Crippen LogP contribution in [0.25, 0.3) is 11.4 Å². The van der Waals surface area contributed by atoms with Crippen molar-refractivity contribution in [3.63, 3.8) is 0 Å². The first kappa shape index (κ1) is 21.3. The molecule has 1 atom stereocenters. The maximum atomic E-state index is 14.7. The second-order valence-corrected chi connectivity index (χ2v) is 7.01. The van der Waals surface area contributed by atoms with Gasteiger partial charge in [-0.3, -0.25) is 9.59 Å². The van der Waals surface area contributed by atoms with Gasteiger partial charge < -0.3 is 25.5 Å². The number of halogens is 2. The van der Waals surface area contributed by atoms with Crippen LogP contribution in [0.15, 0.2) is 22.7 Å². The number of hydrogen-bond donors (Lipinski definition) is 3. The molecule has 11 heteroatoms. The smallest absolute Gasteiger partial charge is 0.276 e. The molecule has 2 heterocycles. The van der Waals surface area contributed by atoms with Crippen molar-refractivity contribution < 1.29 is 22.9 Å². The summed E-state index contributed by atoms with van der Waals surface area (Å²) in [5.41, 5.74) is 2.34. The number of alkyl halides is 2. The Morgan fingerprint density at radius 1 is 1.47 bits per heavy atom. The number of likely N-dealkylation sites (tertiary alicyclic amines) is 1. The molecule has 1 unspecified atom stereocenters. The van der Waals surface area contributed by atoms with E-state index in [1.165, 1.54) is 0 Å². The van der Waals surface area contributed by atoms with Gasteiger partial charge in [-0.2, -0.15) is 4.98 Å². The molecule has 9 nitrogen and oxygen atoms in total. The highest BCUT2D eigenvalue weighted by Gasteiger charge is 2.49. The van der Waals surface area contributed by atoms with Gasteiger partial charge >= 0.3 is 0 Å². The summed E-state index contributed by atoms with van der Waals surface area (Å²) in [6.07, 6.45) is 0.299. The Morgan fingerprint density at radius 3 is 2.87 bits per heavy atom. The Balaban J connectivity index is 1.79. The van der Waals surface area contributed by atoms with Crippen LogP contribution in [0, 0.1) is 5.41 Å². The van der Waals surface area contributed by atoms with Crippen molar-refractivity contribution >= 4 is 23.7 Å². The summed E-state index contributed by atoms with van der Waals surface area (Å²) in [4.78, 5) is 27.4. The number of benzene rings is 1. The zero-order valence-electron chi connectivity index (χ0n) is 16.5. The van der Waals surface area contributed by atoms with Gasteiger partial charge in [-0.1, -0.05) is 17.3 Å². The standard InChI is InChI=1S/C19H22F2N6O3/c1-11(22)13-4-3-12(7-15(13)23-2)17-25-18(30-26-17)14-5-6-27(9-19(14,20)21)16(29)8-24-10-28/h3-4,7,10,14,22-23H,5-6,8-9H2,1-2H3,(H,24,28). The molecule has 0 aliphatic carbocycles. The SMILES string of the molecule is CNc1cc(-c2noc(C3CCN(C(=O)CNC=O)CC3(F)F)n2)ccc1C(C)=N. The van der Waals surface area contributed by atoms with Gasteiger partial charge in [0.25, 0.3) is 5.92 Å². The van der Waals surface area contributed by atoms with Gasteiger partial charge in [0.15, 0.2) is 0 Å². The van der Waals surface area contributed by atoms with E-state index in [9.17, 15) is 18.4 Å². The molecule has 1 aromatic heterocycles. The molecule has 0 saturated carbocycles. The van der Waals surface area contributed by atoms with Crippen molar-refractivity contribution in [3.8, 4) is 11.4 Å². The van der Waals surface area contributed by atoms with E-state index < -0.39 is 24.3 Å². The lowest BCUT2D eigenvalue weighted by molar-refractivity contribution is -0.144. The molecule has 1 saturated heterocycles. The van der Waals surface area contributed by atoms with E-state index in [1.807, 2.05) is 0 Å². The number of carbonyl (C=O) groups is 2. The number of hydrogen-bond acceptors (Lipinski definition) is 7. The summed E-state index contributed by atoms with van der Waals surface area (Å²) in [6.45, 7) is 0.644. The van der Waals surface area contributed by atoms with E-state index in [2.05, 4.69) is 20.8 Å². The molecule has 0 spiro atoms. The highest BCUT2D eigenvalue weighted by molar-refractivity contribution is 6.02. The Labute approximate surface area is 171 Å². The molecule has 3 rings (SSSR count). The molecular formula is C19H22F2N6O3. The minimum absolute atomic E-state index is 0.0465. The fraction of sp³-hybridized carbons (Fsp3) is 0.421. The van der Waals surface area contributed by atoms with E-state index in [0.29, 0.717) is 28.9 Å². The number of amides is 2. The first-order valence-corrected chi connectivity index (χ1v) is 9.30. The monoisotopic (exact) mass is 420 g/mol. The van der Waals surface area contributed by atoms with E-state index in [-0.39, 0.29) is 31.2 Å². The molecule has 2 amide bonds. The minimum atomic E-state index is -3.25. The summed E-state index contributed by atoms with van der Waals surface area (Å²) >= 11 is 0. The number of piperidine rings is 1. The molecule has 2 aromatic rings. The summed E-state index contributed by atoms with van der Waals surface area (Å²) < 4.78 is 34.6. The van der Waals surface area contributed by atoms with Crippen LogP contribution in [0.1, 0.15) is 30.7 Å². The predicted octanol–water partition coefficient (Wildman–Crippen LogP) is 1.86. The molecule has 1 fully saturated rings. The molecule has 0 radical (unpaired) electrons. The third-order valence-electron chi connectivity index (χ3n) is 4.98. The van der Waals surface area contributed by atoms with Crippen LogP contribution in [0.4, 0.5) is 14.5 Å². The average molecular weight is 420 g/mol. The van der Waals surface area contributed by atoms with Crippen molar-refractivity contribution in [2.24, 2.45) is 0 Å². The average Bonchev–Trinajstić information content (AvgIpc) is 3.20. The van der Waals surface area contributed by atoms with E-state index in [4.69, 9.17) is 9.93 Å². The fourth-order valence-electron chi connectivity index (χ4n) is 3.41. The van der Waals surface area contributed by atoms with E-state index in [1.54, 1.807) is 32.2 Å². The number of aromatic nitrogens is 2. The van der Waals surface area contributed by atoms with Crippen molar-refractivity contribution in [3.05, 3.63) is 29.7 Å². The number of carbonyl (C=O) groups excluding carboxylic acids is 2. The zero-order valence-corrected chi connectivity index (χ0v) is 16.5. The van der Waals surface area contributed by atoms with Gasteiger partial charge in [0, 0.05) is 36.1 Å². The first-order chi connectivity index (χ1) is 14.3. The van der Waals surface area contributed by atoms with Crippen LogP contribution in [-0.2, 0) is 9.59 Å². The molecule has 3 N–H and O–H groups in total. The second-order valence-electron chi connectivity index (χ2n) is 7.01. The van der Waals surface area contributed by atoms with Gasteiger partial charge in [-0.15, -0.1) is 0 Å².